The second-order valence-electron chi connectivity index (χ2n) is 6.67. The van der Waals surface area contributed by atoms with Crippen LogP contribution in [0.4, 0.5) is 10.5 Å². The number of para-hydroxylation sites is 2. The van der Waals surface area contributed by atoms with Gasteiger partial charge in [0, 0.05) is 5.69 Å². The van der Waals surface area contributed by atoms with Crippen molar-refractivity contribution in [2.24, 2.45) is 0 Å². The number of amides is 2. The molecule has 0 radical (unpaired) electrons. The highest BCUT2D eigenvalue weighted by Gasteiger charge is 2.12. The summed E-state index contributed by atoms with van der Waals surface area (Å²) in [6, 6.07) is 22.9. The fraction of sp³-hybridized carbons (Fsp3) is 0.0417. The molecule has 0 saturated heterocycles. The summed E-state index contributed by atoms with van der Waals surface area (Å²) in [7, 11) is 1.61. The van der Waals surface area contributed by atoms with E-state index in [1.165, 1.54) is 0 Å². The Morgan fingerprint density at radius 3 is 2.39 bits per heavy atom. The van der Waals surface area contributed by atoms with Gasteiger partial charge in [0.15, 0.2) is 5.82 Å². The van der Waals surface area contributed by atoms with Crippen LogP contribution < -0.4 is 21.0 Å². The van der Waals surface area contributed by atoms with Crippen molar-refractivity contribution in [3.63, 3.8) is 0 Å². The Balaban J connectivity index is 1.69. The van der Waals surface area contributed by atoms with E-state index in [9.17, 15) is 9.59 Å². The Hall–Kier alpha value is -4.39. The molecule has 2 N–H and O–H groups in total. The minimum absolute atomic E-state index is 0.294. The highest BCUT2D eigenvalue weighted by Crippen LogP contribution is 2.14. The first-order valence-corrected chi connectivity index (χ1v) is 9.61. The third-order valence-corrected chi connectivity index (χ3v) is 4.59. The van der Waals surface area contributed by atoms with Crippen LogP contribution in [0.5, 0.6) is 5.75 Å². The molecule has 0 spiro atoms. The fourth-order valence-electron chi connectivity index (χ4n) is 3.04. The predicted octanol–water partition coefficient (Wildman–Crippen LogP) is 4.35. The molecule has 0 atom stereocenters. The van der Waals surface area contributed by atoms with Crippen molar-refractivity contribution in [2.75, 3.05) is 17.9 Å². The molecular weight excluding hydrogens is 392 g/mol. The second-order valence-corrected chi connectivity index (χ2v) is 6.67. The Bertz CT molecular complexity index is 1300. The molecule has 3 aromatic carbocycles. The summed E-state index contributed by atoms with van der Waals surface area (Å²) in [5, 5.41) is 3.11. The topological polar surface area (TPSA) is 85.2 Å². The number of rotatable bonds is 5. The maximum Gasteiger partial charge on any atom is 0.338 e. The Kier molecular flexibility index (Phi) is 5.75. The van der Waals surface area contributed by atoms with Crippen molar-refractivity contribution >= 4 is 34.8 Å². The van der Waals surface area contributed by atoms with Gasteiger partial charge in [0.05, 0.1) is 18.0 Å². The molecule has 2 amide bonds. The van der Waals surface area contributed by atoms with Crippen LogP contribution in [-0.2, 0) is 0 Å². The highest BCUT2D eigenvalue weighted by molar-refractivity contribution is 5.95. The number of anilines is 1. The third-order valence-electron chi connectivity index (χ3n) is 4.59. The largest absolute Gasteiger partial charge is 0.497 e. The third kappa shape index (κ3) is 4.62. The van der Waals surface area contributed by atoms with E-state index >= 15 is 0 Å². The zero-order chi connectivity index (χ0) is 21.6. The number of carbonyl (C=O) groups excluding carboxylic acids is 1. The van der Waals surface area contributed by atoms with E-state index in [4.69, 9.17) is 4.74 Å². The number of nitrogens with one attached hydrogen (secondary N) is 2. The molecule has 0 fully saturated rings. The summed E-state index contributed by atoms with van der Waals surface area (Å²) < 4.78 is 6.31. The number of methoxy groups -OCH3 is 1. The molecule has 0 aliphatic heterocycles. The minimum Gasteiger partial charge on any atom is -0.497 e. The number of urea groups is 1. The van der Waals surface area contributed by atoms with Crippen LogP contribution in [0.15, 0.2) is 83.7 Å². The molecule has 0 bridgehead atoms. The molecule has 154 valence electrons. The van der Waals surface area contributed by atoms with Gasteiger partial charge in [-0.15, -0.1) is 0 Å². The van der Waals surface area contributed by atoms with Crippen molar-refractivity contribution in [1.29, 1.82) is 0 Å². The van der Waals surface area contributed by atoms with Gasteiger partial charge in [-0.3, -0.25) is 4.79 Å². The summed E-state index contributed by atoms with van der Waals surface area (Å²) in [5.74, 6) is 1.04. The van der Waals surface area contributed by atoms with Gasteiger partial charge in [-0.1, -0.05) is 48.5 Å². The van der Waals surface area contributed by atoms with Crippen LogP contribution in [0.3, 0.4) is 0 Å². The van der Waals surface area contributed by atoms with Gasteiger partial charge >= 0.3 is 6.03 Å². The quantitative estimate of drug-likeness (QED) is 0.510. The smallest absolute Gasteiger partial charge is 0.338 e. The molecule has 0 saturated carbocycles. The first kappa shape index (κ1) is 19.9. The Labute approximate surface area is 178 Å². The summed E-state index contributed by atoms with van der Waals surface area (Å²) in [4.78, 5) is 30.1. The maximum absolute atomic E-state index is 13.1. The van der Waals surface area contributed by atoms with Crippen molar-refractivity contribution < 1.29 is 9.53 Å². The Morgan fingerprint density at radius 2 is 1.65 bits per heavy atom. The number of ether oxygens (including phenoxy) is 1. The lowest BCUT2D eigenvalue weighted by Crippen LogP contribution is -2.37. The van der Waals surface area contributed by atoms with E-state index in [2.05, 4.69) is 15.7 Å². The van der Waals surface area contributed by atoms with Crippen LogP contribution in [0.1, 0.15) is 11.4 Å². The minimum atomic E-state index is -0.551. The van der Waals surface area contributed by atoms with Gasteiger partial charge in [-0.05, 0) is 48.0 Å². The van der Waals surface area contributed by atoms with Gasteiger partial charge in [0.1, 0.15) is 5.75 Å². The average molecular weight is 412 g/mol. The standard InChI is InChI=1S/C24H20N4O3/c1-31-19-14-11-17(12-15-19)13-16-22-26-21-10-6-5-9-20(21)23(29)28(22)27-24(30)25-18-7-3-2-4-8-18/h2-16H,1H3,(H2,25,27,30)/b16-13+. The molecule has 31 heavy (non-hydrogen) atoms. The molecule has 1 heterocycles. The molecule has 7 nitrogen and oxygen atoms in total. The Morgan fingerprint density at radius 1 is 0.935 bits per heavy atom. The summed E-state index contributed by atoms with van der Waals surface area (Å²) in [6.45, 7) is 0. The number of nitrogens with zero attached hydrogens (tertiary/aromatic N) is 2. The average Bonchev–Trinajstić information content (AvgIpc) is 2.81. The van der Waals surface area contributed by atoms with Gasteiger partial charge in [0.25, 0.3) is 5.56 Å². The van der Waals surface area contributed by atoms with Gasteiger partial charge in [-0.25, -0.2) is 15.2 Å². The van der Waals surface area contributed by atoms with E-state index in [0.29, 0.717) is 22.4 Å². The van der Waals surface area contributed by atoms with E-state index in [-0.39, 0.29) is 5.56 Å². The molecule has 7 heteroatoms. The number of hydrogen-bond acceptors (Lipinski definition) is 4. The number of benzene rings is 3. The van der Waals surface area contributed by atoms with Crippen LogP contribution >= 0.6 is 0 Å². The molecule has 0 aliphatic carbocycles. The van der Waals surface area contributed by atoms with Crippen LogP contribution in [-0.4, -0.2) is 22.8 Å². The van der Waals surface area contributed by atoms with Crippen molar-refractivity contribution in [3.8, 4) is 5.75 Å². The van der Waals surface area contributed by atoms with Crippen LogP contribution in [0, 0.1) is 0 Å². The molecular formula is C24H20N4O3. The lowest BCUT2D eigenvalue weighted by molar-refractivity contribution is 0.259. The van der Waals surface area contributed by atoms with Crippen molar-refractivity contribution in [3.05, 3.63) is 101 Å². The first-order chi connectivity index (χ1) is 15.1. The van der Waals surface area contributed by atoms with Gasteiger partial charge in [-0.2, -0.15) is 4.68 Å². The van der Waals surface area contributed by atoms with Crippen LogP contribution in [0.2, 0.25) is 0 Å². The molecule has 4 rings (SSSR count). The van der Waals surface area contributed by atoms with Crippen molar-refractivity contribution in [2.45, 2.75) is 0 Å². The summed E-state index contributed by atoms with van der Waals surface area (Å²) in [5.41, 5.74) is 4.27. The number of aromatic nitrogens is 2. The lowest BCUT2D eigenvalue weighted by atomic mass is 10.2. The highest BCUT2D eigenvalue weighted by atomic mass is 16.5. The normalized spacial score (nSPS) is 10.9. The van der Waals surface area contributed by atoms with Crippen molar-refractivity contribution in [1.82, 2.24) is 9.66 Å². The maximum atomic E-state index is 13.1. The molecule has 0 unspecified atom stereocenters. The molecule has 1 aromatic heterocycles. The molecule has 4 aromatic rings. The van der Waals surface area contributed by atoms with Crippen LogP contribution in [0.25, 0.3) is 23.1 Å². The number of carbonyl (C=O) groups is 1. The summed E-state index contributed by atoms with van der Waals surface area (Å²) in [6.07, 6.45) is 3.49. The van der Waals surface area contributed by atoms with E-state index < -0.39 is 6.03 Å². The van der Waals surface area contributed by atoms with E-state index in [1.807, 2.05) is 54.6 Å². The van der Waals surface area contributed by atoms with Gasteiger partial charge in [0.2, 0.25) is 0 Å². The van der Waals surface area contributed by atoms with Gasteiger partial charge < -0.3 is 10.1 Å². The SMILES string of the molecule is COc1ccc(/C=C/c2nc3ccccc3c(=O)n2NC(=O)Nc2ccccc2)cc1. The van der Waals surface area contributed by atoms with E-state index in [0.717, 1.165) is 16.0 Å². The number of fused-ring (bicyclic) bond motifs is 1. The lowest BCUT2D eigenvalue weighted by Gasteiger charge is -2.13. The van der Waals surface area contributed by atoms with E-state index in [1.54, 1.807) is 43.5 Å². The zero-order valence-electron chi connectivity index (χ0n) is 16.8. The fourth-order valence-corrected chi connectivity index (χ4v) is 3.04. The monoisotopic (exact) mass is 412 g/mol. The predicted molar refractivity (Wildman–Crippen MR) is 123 cm³/mol. The second kappa shape index (κ2) is 8.96. The number of hydrogen-bond donors (Lipinski definition) is 2. The molecule has 0 aliphatic rings. The zero-order valence-corrected chi connectivity index (χ0v) is 16.8. The summed E-state index contributed by atoms with van der Waals surface area (Å²) >= 11 is 0. The first-order valence-electron chi connectivity index (χ1n) is 9.61.